The zero-order valence-corrected chi connectivity index (χ0v) is 17.4. The molecule has 0 aliphatic rings. The van der Waals surface area contributed by atoms with E-state index in [2.05, 4.69) is 22.8 Å². The molecule has 1 aromatic carbocycles. The largest absolute Gasteiger partial charge is 0.390 e. The first-order valence-electron chi connectivity index (χ1n) is 9.07. The normalized spacial score (nSPS) is 12.6. The lowest BCUT2D eigenvalue weighted by atomic mass is 10.1. The molecule has 0 saturated carbocycles. The molecule has 0 aliphatic carbocycles. The van der Waals surface area contributed by atoms with Crippen LogP contribution in [0.2, 0.25) is 0 Å². The van der Waals surface area contributed by atoms with Gasteiger partial charge in [0.05, 0.1) is 16.4 Å². The van der Waals surface area contributed by atoms with Gasteiger partial charge in [0.2, 0.25) is 0 Å². The number of nitrogens with zero attached hydrogens (tertiary/aromatic N) is 3. The first kappa shape index (κ1) is 19.0. The Bertz CT molecular complexity index is 1050. The van der Waals surface area contributed by atoms with E-state index in [9.17, 15) is 5.11 Å². The Morgan fingerprint density at radius 1 is 1.07 bits per heavy atom. The van der Waals surface area contributed by atoms with Crippen molar-refractivity contribution >= 4 is 38.7 Å². The van der Waals surface area contributed by atoms with Gasteiger partial charge in [-0.1, -0.05) is 36.4 Å². The van der Waals surface area contributed by atoms with Crippen molar-refractivity contribution in [1.29, 1.82) is 0 Å². The van der Waals surface area contributed by atoms with E-state index in [-0.39, 0.29) is 0 Å². The zero-order valence-electron chi connectivity index (χ0n) is 15.8. The number of aliphatic hydroxyl groups is 1. The molecular weight excluding hydrogens is 388 g/mol. The molecule has 0 aliphatic heterocycles. The number of rotatable bonds is 7. The van der Waals surface area contributed by atoms with Gasteiger partial charge in [0.1, 0.15) is 10.6 Å². The Kier molecular flexibility index (Phi) is 5.68. The molecule has 28 heavy (non-hydrogen) atoms. The van der Waals surface area contributed by atoms with Crippen LogP contribution in [0.3, 0.4) is 0 Å². The standard InChI is InChI=1S/C21H22N4OS2/c1-25(2)12-15(26)11-22-20-18-16(14-7-4-3-5-8-14)13-28-21(18)24-19(23-20)17-9-6-10-27-17/h3-10,13,15,26H,11-12H2,1-2H3,(H,22,23,24). The van der Waals surface area contributed by atoms with E-state index in [4.69, 9.17) is 9.97 Å². The molecular formula is C21H22N4OS2. The van der Waals surface area contributed by atoms with Gasteiger partial charge >= 0.3 is 0 Å². The summed E-state index contributed by atoms with van der Waals surface area (Å²) in [5.41, 5.74) is 2.25. The van der Waals surface area contributed by atoms with Crippen molar-refractivity contribution in [1.82, 2.24) is 14.9 Å². The second-order valence-corrected chi connectivity index (χ2v) is 8.67. The van der Waals surface area contributed by atoms with Crippen molar-refractivity contribution in [3.05, 3.63) is 53.2 Å². The molecule has 144 valence electrons. The maximum absolute atomic E-state index is 10.3. The summed E-state index contributed by atoms with van der Waals surface area (Å²) in [7, 11) is 3.90. The predicted molar refractivity (Wildman–Crippen MR) is 119 cm³/mol. The van der Waals surface area contributed by atoms with E-state index in [1.807, 2.05) is 54.7 Å². The van der Waals surface area contributed by atoms with E-state index in [0.29, 0.717) is 18.9 Å². The van der Waals surface area contributed by atoms with Crippen molar-refractivity contribution in [3.8, 4) is 21.8 Å². The maximum atomic E-state index is 10.3. The van der Waals surface area contributed by atoms with E-state index in [0.717, 1.165) is 32.0 Å². The van der Waals surface area contributed by atoms with Crippen LogP contribution >= 0.6 is 22.7 Å². The molecule has 2 N–H and O–H groups in total. The highest BCUT2D eigenvalue weighted by atomic mass is 32.1. The van der Waals surface area contributed by atoms with E-state index in [1.165, 1.54) is 0 Å². The number of hydrogen-bond acceptors (Lipinski definition) is 7. The molecule has 4 rings (SSSR count). The molecule has 0 saturated heterocycles. The molecule has 1 atom stereocenters. The van der Waals surface area contributed by atoms with Gasteiger partial charge in [0.25, 0.3) is 0 Å². The molecule has 0 radical (unpaired) electrons. The highest BCUT2D eigenvalue weighted by molar-refractivity contribution is 7.17. The van der Waals surface area contributed by atoms with Gasteiger partial charge in [-0.05, 0) is 31.1 Å². The fourth-order valence-corrected chi connectivity index (χ4v) is 4.72. The fraction of sp³-hybridized carbons (Fsp3) is 0.238. The molecule has 3 heterocycles. The summed E-state index contributed by atoms with van der Waals surface area (Å²) in [6.07, 6.45) is -0.482. The van der Waals surface area contributed by atoms with Crippen LogP contribution in [0, 0.1) is 0 Å². The number of thiophene rings is 2. The summed E-state index contributed by atoms with van der Waals surface area (Å²) >= 11 is 3.25. The summed E-state index contributed by atoms with van der Waals surface area (Å²) in [5.74, 6) is 1.49. The predicted octanol–water partition coefficient (Wildman–Crippen LogP) is 4.42. The molecule has 1 unspecified atom stereocenters. The third kappa shape index (κ3) is 4.07. The van der Waals surface area contributed by atoms with Crippen LogP contribution in [-0.4, -0.2) is 53.3 Å². The third-order valence-corrected chi connectivity index (χ3v) is 6.08. The topological polar surface area (TPSA) is 61.3 Å². The molecule has 3 aromatic heterocycles. The second kappa shape index (κ2) is 8.36. The van der Waals surface area contributed by atoms with Crippen LogP contribution < -0.4 is 5.32 Å². The monoisotopic (exact) mass is 410 g/mol. The average Bonchev–Trinajstić information content (AvgIpc) is 3.36. The van der Waals surface area contributed by atoms with E-state index in [1.54, 1.807) is 22.7 Å². The highest BCUT2D eigenvalue weighted by Gasteiger charge is 2.17. The first-order valence-corrected chi connectivity index (χ1v) is 10.8. The van der Waals surface area contributed by atoms with E-state index < -0.39 is 6.10 Å². The second-order valence-electron chi connectivity index (χ2n) is 6.87. The SMILES string of the molecule is CN(C)CC(O)CNc1nc(-c2cccs2)nc2scc(-c3ccccc3)c12. The molecule has 5 nitrogen and oxygen atoms in total. The Labute approximate surface area is 172 Å². The molecule has 7 heteroatoms. The summed E-state index contributed by atoms with van der Waals surface area (Å²) in [6.45, 7) is 1.02. The number of aromatic nitrogens is 2. The van der Waals surface area contributed by atoms with Crippen LogP contribution in [0.4, 0.5) is 5.82 Å². The number of aliphatic hydroxyl groups excluding tert-OH is 1. The first-order chi connectivity index (χ1) is 13.6. The van der Waals surface area contributed by atoms with Gasteiger partial charge in [0.15, 0.2) is 5.82 Å². The zero-order chi connectivity index (χ0) is 19.5. The minimum atomic E-state index is -0.482. The summed E-state index contributed by atoms with van der Waals surface area (Å²) in [4.78, 5) is 13.6. The van der Waals surface area contributed by atoms with Crippen LogP contribution in [0.15, 0.2) is 53.2 Å². The smallest absolute Gasteiger partial charge is 0.173 e. The Hall–Kier alpha value is -2.32. The van der Waals surface area contributed by atoms with Gasteiger partial charge in [-0.15, -0.1) is 22.7 Å². The number of hydrogen-bond donors (Lipinski definition) is 2. The molecule has 0 spiro atoms. The lowest BCUT2D eigenvalue weighted by Crippen LogP contribution is -2.31. The van der Waals surface area contributed by atoms with Gasteiger partial charge in [0, 0.05) is 24.0 Å². The highest BCUT2D eigenvalue weighted by Crippen LogP contribution is 2.38. The Balaban J connectivity index is 1.77. The van der Waals surface area contributed by atoms with Crippen molar-refractivity contribution in [2.75, 3.05) is 32.5 Å². The van der Waals surface area contributed by atoms with Gasteiger partial charge in [-0.25, -0.2) is 9.97 Å². The Morgan fingerprint density at radius 3 is 2.61 bits per heavy atom. The van der Waals surface area contributed by atoms with Crippen LogP contribution in [0.25, 0.3) is 32.0 Å². The maximum Gasteiger partial charge on any atom is 0.173 e. The number of benzene rings is 1. The lowest BCUT2D eigenvalue weighted by Gasteiger charge is -2.17. The fourth-order valence-electron chi connectivity index (χ4n) is 3.12. The van der Waals surface area contributed by atoms with Crippen LogP contribution in [0.5, 0.6) is 0 Å². The van der Waals surface area contributed by atoms with Gasteiger partial charge in [-0.2, -0.15) is 0 Å². The summed E-state index contributed by atoms with van der Waals surface area (Å²) in [6, 6.07) is 14.3. The Morgan fingerprint density at radius 2 is 1.89 bits per heavy atom. The molecule has 0 fully saturated rings. The van der Waals surface area contributed by atoms with E-state index >= 15 is 0 Å². The number of likely N-dealkylation sites (N-methyl/N-ethyl adjacent to an activating group) is 1. The molecule has 0 amide bonds. The number of nitrogens with one attached hydrogen (secondary N) is 1. The average molecular weight is 411 g/mol. The summed E-state index contributed by atoms with van der Waals surface area (Å²) in [5, 5.41) is 18.8. The van der Waals surface area contributed by atoms with Crippen LogP contribution in [-0.2, 0) is 0 Å². The molecule has 0 bridgehead atoms. The van der Waals surface area contributed by atoms with Crippen molar-refractivity contribution in [2.45, 2.75) is 6.10 Å². The van der Waals surface area contributed by atoms with Crippen molar-refractivity contribution in [3.63, 3.8) is 0 Å². The van der Waals surface area contributed by atoms with Crippen molar-refractivity contribution < 1.29 is 5.11 Å². The summed E-state index contributed by atoms with van der Waals surface area (Å²) < 4.78 is 0. The molecule has 4 aromatic rings. The third-order valence-electron chi connectivity index (χ3n) is 4.34. The van der Waals surface area contributed by atoms with Crippen molar-refractivity contribution in [2.24, 2.45) is 0 Å². The quantitative estimate of drug-likeness (QED) is 0.472. The minimum absolute atomic E-state index is 0.429. The van der Waals surface area contributed by atoms with Crippen LogP contribution in [0.1, 0.15) is 0 Å². The number of anilines is 1. The van der Waals surface area contributed by atoms with Gasteiger partial charge < -0.3 is 15.3 Å². The lowest BCUT2D eigenvalue weighted by molar-refractivity contribution is 0.148. The minimum Gasteiger partial charge on any atom is -0.390 e. The van der Waals surface area contributed by atoms with Gasteiger partial charge in [-0.3, -0.25) is 0 Å². The number of fused-ring (bicyclic) bond motifs is 1.